The molecule has 2 aromatic heterocycles. The lowest BCUT2D eigenvalue weighted by molar-refractivity contribution is 0.102. The Kier molecular flexibility index (Phi) is 3.84. The van der Waals surface area contributed by atoms with Crippen LogP contribution in [-0.2, 0) is 6.42 Å². The number of anilines is 1. The van der Waals surface area contributed by atoms with E-state index in [2.05, 4.69) is 25.7 Å². The first-order valence-electron chi connectivity index (χ1n) is 6.65. The van der Waals surface area contributed by atoms with Crippen molar-refractivity contribution >= 4 is 22.4 Å². The second kappa shape index (κ2) is 5.94. The Morgan fingerprint density at radius 1 is 1.36 bits per heavy atom. The Morgan fingerprint density at radius 3 is 2.91 bits per heavy atom. The van der Waals surface area contributed by atoms with Gasteiger partial charge in [0.25, 0.3) is 5.91 Å². The molecule has 0 atom stereocenters. The molecule has 0 unspecified atom stereocenters. The van der Waals surface area contributed by atoms with Crippen LogP contribution in [0.4, 0.5) is 5.13 Å². The Hall–Kier alpha value is -2.74. The normalized spacial score (nSPS) is 10.6. The standard InChI is InChI=1S/C14H13N5O2S/c1-2-12-18-19-14(22-12)15-13(21)10-7-9(16-17-10)8-5-3-4-6-11(8)20/h3-7,20H,2H2,1H3,(H,16,17)(H,15,19,21). The Morgan fingerprint density at radius 2 is 2.18 bits per heavy atom. The van der Waals surface area contributed by atoms with Crippen LogP contribution in [0.25, 0.3) is 11.3 Å². The lowest BCUT2D eigenvalue weighted by Gasteiger charge is -1.98. The van der Waals surface area contributed by atoms with E-state index < -0.39 is 0 Å². The second-order valence-electron chi connectivity index (χ2n) is 4.49. The molecule has 0 spiro atoms. The van der Waals surface area contributed by atoms with Crippen LogP contribution >= 0.6 is 11.3 Å². The third-order valence-corrected chi connectivity index (χ3v) is 3.98. The molecule has 0 fully saturated rings. The summed E-state index contributed by atoms with van der Waals surface area (Å²) >= 11 is 1.33. The van der Waals surface area contributed by atoms with Gasteiger partial charge in [0.05, 0.1) is 5.69 Å². The Labute approximate surface area is 130 Å². The van der Waals surface area contributed by atoms with Crippen molar-refractivity contribution in [3.63, 3.8) is 0 Å². The number of phenolic OH excluding ortho intramolecular Hbond substituents is 1. The lowest BCUT2D eigenvalue weighted by Crippen LogP contribution is -2.12. The largest absolute Gasteiger partial charge is 0.507 e. The number of carbonyl (C=O) groups excluding carboxylic acids is 1. The maximum Gasteiger partial charge on any atom is 0.275 e. The molecule has 3 N–H and O–H groups in total. The average Bonchev–Trinajstić information content (AvgIpc) is 3.16. The van der Waals surface area contributed by atoms with Gasteiger partial charge in [-0.15, -0.1) is 10.2 Å². The van der Waals surface area contributed by atoms with E-state index in [1.165, 1.54) is 11.3 Å². The fourth-order valence-corrected chi connectivity index (χ4v) is 2.55. The van der Waals surface area contributed by atoms with Crippen LogP contribution < -0.4 is 5.32 Å². The molecule has 0 aliphatic carbocycles. The summed E-state index contributed by atoms with van der Waals surface area (Å²) < 4.78 is 0. The van der Waals surface area contributed by atoms with Crippen LogP contribution in [0, 0.1) is 0 Å². The summed E-state index contributed by atoms with van der Waals surface area (Å²) in [7, 11) is 0. The molecule has 0 saturated carbocycles. The Balaban J connectivity index is 1.78. The maximum absolute atomic E-state index is 12.1. The minimum absolute atomic E-state index is 0.109. The molecule has 0 aliphatic heterocycles. The van der Waals surface area contributed by atoms with Gasteiger partial charge in [0, 0.05) is 5.56 Å². The number of para-hydroxylation sites is 1. The van der Waals surface area contributed by atoms with Crippen molar-refractivity contribution in [3.8, 4) is 17.0 Å². The zero-order valence-electron chi connectivity index (χ0n) is 11.7. The molecule has 1 aromatic carbocycles. The fraction of sp³-hybridized carbons (Fsp3) is 0.143. The van der Waals surface area contributed by atoms with Gasteiger partial charge < -0.3 is 5.11 Å². The number of aryl methyl sites for hydroxylation is 1. The summed E-state index contributed by atoms with van der Waals surface area (Å²) in [6.07, 6.45) is 0.773. The second-order valence-corrected chi connectivity index (χ2v) is 5.55. The zero-order valence-corrected chi connectivity index (χ0v) is 12.5. The molecule has 22 heavy (non-hydrogen) atoms. The van der Waals surface area contributed by atoms with Gasteiger partial charge in [-0.1, -0.05) is 30.4 Å². The zero-order chi connectivity index (χ0) is 15.5. The van der Waals surface area contributed by atoms with E-state index in [0.29, 0.717) is 16.4 Å². The third-order valence-electron chi connectivity index (χ3n) is 2.99. The van der Waals surface area contributed by atoms with Gasteiger partial charge >= 0.3 is 0 Å². The molecule has 0 saturated heterocycles. The number of amides is 1. The van der Waals surface area contributed by atoms with Gasteiger partial charge in [-0.3, -0.25) is 15.2 Å². The van der Waals surface area contributed by atoms with Crippen molar-refractivity contribution in [1.29, 1.82) is 0 Å². The molecule has 3 aromatic rings. The first kappa shape index (κ1) is 14.2. The summed E-state index contributed by atoms with van der Waals surface area (Å²) in [6.45, 7) is 1.97. The van der Waals surface area contributed by atoms with Crippen LogP contribution in [0.3, 0.4) is 0 Å². The summed E-state index contributed by atoms with van der Waals surface area (Å²) in [5, 5.41) is 28.3. The van der Waals surface area contributed by atoms with Crippen molar-refractivity contribution in [2.24, 2.45) is 0 Å². The highest BCUT2D eigenvalue weighted by Crippen LogP contribution is 2.27. The SMILES string of the molecule is CCc1nnc(NC(=O)c2cc(-c3ccccc3O)n[nH]2)s1. The molecule has 7 nitrogen and oxygen atoms in total. The number of aromatic hydroxyl groups is 1. The van der Waals surface area contributed by atoms with Gasteiger partial charge in [-0.2, -0.15) is 5.10 Å². The predicted molar refractivity (Wildman–Crippen MR) is 82.9 cm³/mol. The first-order chi connectivity index (χ1) is 10.7. The molecule has 2 heterocycles. The number of phenols is 1. The number of nitrogens with zero attached hydrogens (tertiary/aromatic N) is 3. The van der Waals surface area contributed by atoms with Crippen LogP contribution in [0.15, 0.2) is 30.3 Å². The van der Waals surface area contributed by atoms with Crippen molar-refractivity contribution in [2.75, 3.05) is 5.32 Å². The van der Waals surface area contributed by atoms with Gasteiger partial charge in [-0.25, -0.2) is 0 Å². The summed E-state index contributed by atoms with van der Waals surface area (Å²) in [5.74, 6) is -0.245. The number of nitrogens with one attached hydrogen (secondary N) is 2. The number of hydrogen-bond donors (Lipinski definition) is 3. The number of H-pyrrole nitrogens is 1. The molecule has 0 radical (unpaired) electrons. The van der Waals surface area contributed by atoms with Crippen LogP contribution in [0.1, 0.15) is 22.4 Å². The topological polar surface area (TPSA) is 104 Å². The molecule has 112 valence electrons. The van der Waals surface area contributed by atoms with Crippen LogP contribution in [0.5, 0.6) is 5.75 Å². The minimum atomic E-state index is -0.354. The molecule has 0 aliphatic rings. The van der Waals surface area contributed by atoms with E-state index in [1.807, 2.05) is 6.92 Å². The van der Waals surface area contributed by atoms with E-state index in [9.17, 15) is 9.90 Å². The highest BCUT2D eigenvalue weighted by atomic mass is 32.1. The quantitative estimate of drug-likeness (QED) is 0.686. The monoisotopic (exact) mass is 315 g/mol. The number of benzene rings is 1. The number of hydrogen-bond acceptors (Lipinski definition) is 6. The smallest absolute Gasteiger partial charge is 0.275 e. The molecule has 0 bridgehead atoms. The third kappa shape index (κ3) is 2.82. The summed E-state index contributed by atoms with van der Waals surface area (Å²) in [6, 6.07) is 8.38. The van der Waals surface area contributed by atoms with E-state index in [4.69, 9.17) is 0 Å². The average molecular weight is 315 g/mol. The van der Waals surface area contributed by atoms with Gasteiger partial charge in [0.2, 0.25) is 5.13 Å². The maximum atomic E-state index is 12.1. The number of aromatic amines is 1. The van der Waals surface area contributed by atoms with Gasteiger partial charge in [0.15, 0.2) is 0 Å². The van der Waals surface area contributed by atoms with E-state index in [-0.39, 0.29) is 17.4 Å². The molecule has 8 heteroatoms. The van der Waals surface area contributed by atoms with E-state index in [1.54, 1.807) is 30.3 Å². The molecular formula is C14H13N5O2S. The van der Waals surface area contributed by atoms with Crippen molar-refractivity contribution < 1.29 is 9.90 Å². The molecule has 1 amide bonds. The molecule has 3 rings (SSSR count). The first-order valence-corrected chi connectivity index (χ1v) is 7.46. The van der Waals surface area contributed by atoms with Crippen molar-refractivity contribution in [2.45, 2.75) is 13.3 Å². The number of carbonyl (C=O) groups is 1. The van der Waals surface area contributed by atoms with E-state index in [0.717, 1.165) is 11.4 Å². The summed E-state index contributed by atoms with van der Waals surface area (Å²) in [5.41, 5.74) is 1.34. The van der Waals surface area contributed by atoms with Crippen LogP contribution in [-0.4, -0.2) is 31.4 Å². The van der Waals surface area contributed by atoms with Crippen molar-refractivity contribution in [1.82, 2.24) is 20.4 Å². The van der Waals surface area contributed by atoms with Crippen molar-refractivity contribution in [3.05, 3.63) is 41.0 Å². The van der Waals surface area contributed by atoms with Gasteiger partial charge in [-0.05, 0) is 24.6 Å². The lowest BCUT2D eigenvalue weighted by atomic mass is 10.1. The van der Waals surface area contributed by atoms with Crippen LogP contribution in [0.2, 0.25) is 0 Å². The molecular weight excluding hydrogens is 302 g/mol. The number of aromatic nitrogens is 4. The number of rotatable bonds is 4. The highest BCUT2D eigenvalue weighted by molar-refractivity contribution is 7.15. The van der Waals surface area contributed by atoms with E-state index >= 15 is 0 Å². The predicted octanol–water partition coefficient (Wildman–Crippen LogP) is 2.45. The Bertz CT molecular complexity index is 811. The fourth-order valence-electron chi connectivity index (χ4n) is 1.88. The minimum Gasteiger partial charge on any atom is -0.507 e. The summed E-state index contributed by atoms with van der Waals surface area (Å²) in [4.78, 5) is 12.1. The van der Waals surface area contributed by atoms with Gasteiger partial charge in [0.1, 0.15) is 16.5 Å². The highest BCUT2D eigenvalue weighted by Gasteiger charge is 2.14.